The van der Waals surface area contributed by atoms with Crippen molar-refractivity contribution in [3.05, 3.63) is 23.0 Å². The van der Waals surface area contributed by atoms with Crippen LogP contribution in [0.4, 0.5) is 0 Å². The molecule has 0 aromatic carbocycles. The van der Waals surface area contributed by atoms with Crippen molar-refractivity contribution in [2.75, 3.05) is 6.61 Å². The molecule has 9 heteroatoms. The minimum absolute atomic E-state index is 0.111. The molecule has 1 aliphatic rings. The molecule has 3 rings (SSSR count). The highest BCUT2D eigenvalue weighted by atomic mass is 16.8. The zero-order valence-corrected chi connectivity index (χ0v) is 9.67. The Morgan fingerprint density at radius 2 is 2.16 bits per heavy atom. The Hall–Kier alpha value is -1.81. The normalized spacial score (nSPS) is 31.1. The number of rotatable bonds is 2. The molecule has 0 spiro atoms. The molecule has 1 aliphatic heterocycles. The van der Waals surface area contributed by atoms with E-state index in [1.54, 1.807) is 0 Å². The van der Waals surface area contributed by atoms with Crippen LogP contribution in [0.15, 0.2) is 17.4 Å². The van der Waals surface area contributed by atoms with Gasteiger partial charge in [0.1, 0.15) is 18.3 Å². The molecule has 1 saturated heterocycles. The molecule has 1 fully saturated rings. The summed E-state index contributed by atoms with van der Waals surface area (Å²) in [6.07, 6.45) is -1.78. The van der Waals surface area contributed by atoms with E-state index in [9.17, 15) is 15.0 Å². The smallest absolute Gasteiger partial charge is 0.278 e. The predicted molar refractivity (Wildman–Crippen MR) is 61.2 cm³/mol. The number of H-pyrrole nitrogens is 1. The number of fused-ring (bicyclic) bond motifs is 1. The van der Waals surface area contributed by atoms with Gasteiger partial charge >= 0.3 is 0 Å². The van der Waals surface area contributed by atoms with E-state index in [1.807, 2.05) is 0 Å². The quantitative estimate of drug-likeness (QED) is 0.453. The van der Waals surface area contributed by atoms with Gasteiger partial charge in [-0.3, -0.25) is 9.36 Å². The summed E-state index contributed by atoms with van der Waals surface area (Å²) in [6, 6.07) is 0. The molecular weight excluding hydrogens is 261 g/mol. The van der Waals surface area contributed by atoms with E-state index in [0.29, 0.717) is 0 Å². The van der Waals surface area contributed by atoms with Crippen LogP contribution in [-0.2, 0) is 4.74 Å². The van der Waals surface area contributed by atoms with Gasteiger partial charge in [-0.1, -0.05) is 0 Å². The van der Waals surface area contributed by atoms with E-state index in [-0.39, 0.29) is 11.2 Å². The SMILES string of the molecule is O=c1[nH]cnc2c1ncn2[13C@@H]1O[13C@H]([13CH2]O)[13C@@H](O)[13C@H]1O. The van der Waals surface area contributed by atoms with Crippen LogP contribution in [0.5, 0.6) is 0 Å². The average molecular weight is 273 g/mol. The first kappa shape index (κ1) is 12.2. The highest BCUT2D eigenvalue weighted by molar-refractivity contribution is 5.68. The molecular formula is C10H12N4O5. The molecule has 0 radical (unpaired) electrons. The lowest BCUT2D eigenvalue weighted by molar-refractivity contribution is -0.0511. The number of hydrogen-bond donors (Lipinski definition) is 4. The highest BCUT2D eigenvalue weighted by Crippen LogP contribution is 2.30. The second kappa shape index (κ2) is 4.38. The van der Waals surface area contributed by atoms with Gasteiger partial charge < -0.3 is 25.0 Å². The van der Waals surface area contributed by atoms with Gasteiger partial charge in [0, 0.05) is 0 Å². The van der Waals surface area contributed by atoms with Crippen molar-refractivity contribution >= 4 is 11.2 Å². The standard InChI is InChI=1S/C10H12N4O5/c15-1-4-6(16)7(17)10(19-4)14-3-13-5-8(14)11-2-12-9(5)18/h2-4,6-7,10,15-17H,1H2,(H,11,12,18)/t4-,6-,7-,10-/m1/s1/i1+1,4+1,6+1,7+1,10+1. The summed E-state index contributed by atoms with van der Waals surface area (Å²) in [5.74, 6) is 0. The summed E-state index contributed by atoms with van der Waals surface area (Å²) in [5.41, 5.74) is -0.0608. The number of aliphatic hydroxyl groups is 3. The van der Waals surface area contributed by atoms with Crippen molar-refractivity contribution < 1.29 is 20.1 Å². The maximum atomic E-state index is 11.5. The maximum Gasteiger partial charge on any atom is 0.278 e. The number of hydrogen-bond acceptors (Lipinski definition) is 7. The molecule has 0 saturated carbocycles. The summed E-state index contributed by atoms with van der Waals surface area (Å²) in [6.45, 7) is -0.421. The lowest BCUT2D eigenvalue weighted by Crippen LogP contribution is -2.33. The van der Waals surface area contributed by atoms with Crippen molar-refractivity contribution in [1.82, 2.24) is 19.5 Å². The van der Waals surface area contributed by atoms with Gasteiger partial charge in [-0.05, 0) is 0 Å². The van der Waals surface area contributed by atoms with Gasteiger partial charge in [-0.15, -0.1) is 0 Å². The maximum absolute atomic E-state index is 11.5. The number of aromatic nitrogens is 4. The minimum Gasteiger partial charge on any atom is -0.394 e. The molecule has 4 atom stereocenters. The Morgan fingerprint density at radius 3 is 2.84 bits per heavy atom. The van der Waals surface area contributed by atoms with Crippen molar-refractivity contribution in [2.24, 2.45) is 0 Å². The minimum atomic E-state index is -1.24. The lowest BCUT2D eigenvalue weighted by Gasteiger charge is -2.16. The number of imidazole rings is 1. The predicted octanol–water partition coefficient (Wildman–Crippen LogP) is -2.27. The van der Waals surface area contributed by atoms with Crippen molar-refractivity contribution in [3.8, 4) is 0 Å². The van der Waals surface area contributed by atoms with Gasteiger partial charge in [0.25, 0.3) is 5.56 Å². The van der Waals surface area contributed by atoms with Crippen molar-refractivity contribution in [3.63, 3.8) is 0 Å². The van der Waals surface area contributed by atoms with Crippen LogP contribution in [0.2, 0.25) is 0 Å². The third-order valence-corrected chi connectivity index (χ3v) is 3.16. The van der Waals surface area contributed by atoms with Crippen LogP contribution in [0.1, 0.15) is 6.23 Å². The van der Waals surface area contributed by atoms with Gasteiger partial charge in [0.05, 0.1) is 19.3 Å². The van der Waals surface area contributed by atoms with E-state index < -0.39 is 36.7 Å². The van der Waals surface area contributed by atoms with Gasteiger partial charge in [0.15, 0.2) is 17.4 Å². The molecule has 0 aliphatic carbocycles. The first-order valence-corrected chi connectivity index (χ1v) is 5.66. The molecule has 0 amide bonds. The molecule has 0 bridgehead atoms. The molecule has 0 unspecified atom stereocenters. The molecule has 3 heterocycles. The Kier molecular flexibility index (Phi) is 2.82. The third-order valence-electron chi connectivity index (χ3n) is 3.16. The van der Waals surface area contributed by atoms with E-state index in [0.717, 1.165) is 0 Å². The number of aliphatic hydroxyl groups excluding tert-OH is 3. The van der Waals surface area contributed by atoms with E-state index in [4.69, 9.17) is 9.84 Å². The van der Waals surface area contributed by atoms with E-state index in [2.05, 4.69) is 15.0 Å². The average Bonchev–Trinajstić information content (AvgIpc) is 2.94. The Labute approximate surface area is 106 Å². The molecule has 9 nitrogen and oxygen atoms in total. The number of aromatic amines is 1. The van der Waals surface area contributed by atoms with E-state index >= 15 is 0 Å². The fourth-order valence-corrected chi connectivity index (χ4v) is 2.16. The fourth-order valence-electron chi connectivity index (χ4n) is 2.16. The van der Waals surface area contributed by atoms with Crippen LogP contribution in [-0.4, -0.2) is 59.8 Å². The van der Waals surface area contributed by atoms with E-state index in [1.165, 1.54) is 17.2 Å². The number of nitrogens with zero attached hydrogens (tertiary/aromatic N) is 3. The van der Waals surface area contributed by atoms with Gasteiger partial charge in [-0.2, -0.15) is 0 Å². The van der Waals surface area contributed by atoms with Crippen molar-refractivity contribution in [1.29, 1.82) is 0 Å². The van der Waals surface area contributed by atoms with Crippen LogP contribution in [0, 0.1) is 0 Å². The van der Waals surface area contributed by atoms with Crippen LogP contribution in [0.3, 0.4) is 0 Å². The molecule has 2 aromatic heterocycles. The number of ether oxygens (including phenoxy) is 1. The summed E-state index contributed by atoms with van der Waals surface area (Å²) in [5, 5.41) is 28.6. The first-order valence-electron chi connectivity index (χ1n) is 5.66. The summed E-state index contributed by atoms with van der Waals surface area (Å²) >= 11 is 0. The second-order valence-electron chi connectivity index (χ2n) is 4.28. The Balaban J connectivity index is 2.06. The second-order valence-corrected chi connectivity index (χ2v) is 4.28. The summed E-state index contributed by atoms with van der Waals surface area (Å²) in [7, 11) is 0. The van der Waals surface area contributed by atoms with Gasteiger partial charge in [0.2, 0.25) is 0 Å². The van der Waals surface area contributed by atoms with Crippen LogP contribution in [0.25, 0.3) is 11.2 Å². The van der Waals surface area contributed by atoms with Crippen molar-refractivity contribution in [2.45, 2.75) is 24.5 Å². The fraction of sp³-hybridized carbons (Fsp3) is 0.500. The molecule has 4 N–H and O–H groups in total. The third kappa shape index (κ3) is 1.75. The number of nitrogens with one attached hydrogen (secondary N) is 1. The van der Waals surface area contributed by atoms with Crippen LogP contribution >= 0.6 is 0 Å². The topological polar surface area (TPSA) is 133 Å². The first-order chi connectivity index (χ1) is 9.13. The van der Waals surface area contributed by atoms with Gasteiger partial charge in [-0.25, -0.2) is 9.97 Å². The highest BCUT2D eigenvalue weighted by Gasteiger charge is 2.43. The van der Waals surface area contributed by atoms with Crippen LogP contribution < -0.4 is 5.56 Å². The zero-order chi connectivity index (χ0) is 13.6. The zero-order valence-electron chi connectivity index (χ0n) is 9.67. The lowest BCUT2D eigenvalue weighted by atomic mass is 10.5. The Morgan fingerprint density at radius 1 is 1.37 bits per heavy atom. The molecule has 19 heavy (non-hydrogen) atoms. The molecule has 2 aromatic rings. The Bertz CT molecular complexity index is 653. The monoisotopic (exact) mass is 273 g/mol. The summed E-state index contributed by atoms with van der Waals surface area (Å²) < 4.78 is 6.70. The summed E-state index contributed by atoms with van der Waals surface area (Å²) in [4.78, 5) is 21.8. The molecule has 102 valence electrons. The largest absolute Gasteiger partial charge is 0.394 e.